The van der Waals surface area contributed by atoms with Gasteiger partial charge in [-0.25, -0.2) is 0 Å². The molecular formula is C7H11N3OS2. The van der Waals surface area contributed by atoms with E-state index >= 15 is 0 Å². The third-order valence-electron chi connectivity index (χ3n) is 2.19. The minimum absolute atomic E-state index is 0.421. The predicted molar refractivity (Wildman–Crippen MR) is 54.7 cm³/mol. The van der Waals surface area contributed by atoms with Gasteiger partial charge in [-0.15, -0.1) is 5.10 Å². The maximum Gasteiger partial charge on any atom is 0.204 e. The van der Waals surface area contributed by atoms with Crippen molar-refractivity contribution in [2.45, 2.75) is 25.0 Å². The first kappa shape index (κ1) is 9.11. The zero-order valence-electron chi connectivity index (χ0n) is 7.24. The van der Waals surface area contributed by atoms with Gasteiger partial charge in [0.25, 0.3) is 0 Å². The van der Waals surface area contributed by atoms with Crippen LogP contribution in [-0.2, 0) is 4.74 Å². The first-order chi connectivity index (χ1) is 6.28. The Morgan fingerprint density at radius 3 is 3.00 bits per heavy atom. The van der Waals surface area contributed by atoms with E-state index in [0.717, 1.165) is 18.0 Å². The monoisotopic (exact) mass is 217 g/mol. The van der Waals surface area contributed by atoms with Crippen LogP contribution >= 0.6 is 23.6 Å². The molecule has 6 heteroatoms. The van der Waals surface area contributed by atoms with E-state index < -0.39 is 0 Å². The Bertz CT molecular complexity index is 328. The highest BCUT2D eigenvalue weighted by Crippen LogP contribution is 2.26. The Balaban J connectivity index is 1.84. The second-order valence-electron chi connectivity index (χ2n) is 3.09. The van der Waals surface area contributed by atoms with E-state index in [-0.39, 0.29) is 0 Å². The third kappa shape index (κ3) is 2.07. The van der Waals surface area contributed by atoms with E-state index in [1.165, 1.54) is 11.3 Å². The first-order valence-electron chi connectivity index (χ1n) is 4.13. The molecule has 0 aromatic carbocycles. The van der Waals surface area contributed by atoms with Gasteiger partial charge in [0.15, 0.2) is 3.95 Å². The van der Waals surface area contributed by atoms with E-state index in [2.05, 4.69) is 15.5 Å². The van der Waals surface area contributed by atoms with Crippen LogP contribution in [0.15, 0.2) is 0 Å². The molecule has 1 aliphatic rings. The zero-order chi connectivity index (χ0) is 9.26. The van der Waals surface area contributed by atoms with Gasteiger partial charge in [-0.2, -0.15) is 0 Å². The lowest BCUT2D eigenvalue weighted by Gasteiger charge is -2.34. The fourth-order valence-corrected chi connectivity index (χ4v) is 2.21. The summed E-state index contributed by atoms with van der Waals surface area (Å²) in [4.78, 5) is 0. The van der Waals surface area contributed by atoms with Crippen LogP contribution in [0.3, 0.4) is 0 Å². The molecule has 13 heavy (non-hydrogen) atoms. The lowest BCUT2D eigenvalue weighted by atomic mass is 9.89. The van der Waals surface area contributed by atoms with Crippen LogP contribution < -0.4 is 5.32 Å². The number of methoxy groups -OCH3 is 1. The van der Waals surface area contributed by atoms with Crippen LogP contribution in [0.2, 0.25) is 0 Å². The molecule has 0 radical (unpaired) electrons. The van der Waals surface area contributed by atoms with Crippen LogP contribution in [0, 0.1) is 3.95 Å². The van der Waals surface area contributed by atoms with E-state index in [1.54, 1.807) is 7.11 Å². The van der Waals surface area contributed by atoms with Gasteiger partial charge in [0, 0.05) is 13.2 Å². The Hall–Kier alpha value is -0.460. The van der Waals surface area contributed by atoms with Crippen molar-refractivity contribution in [1.82, 2.24) is 10.2 Å². The normalized spacial score (nSPS) is 26.8. The zero-order valence-corrected chi connectivity index (χ0v) is 8.87. The molecule has 1 aliphatic carbocycles. The predicted octanol–water partition coefficient (Wildman–Crippen LogP) is 1.79. The second kappa shape index (κ2) is 3.73. The van der Waals surface area contributed by atoms with Crippen molar-refractivity contribution < 1.29 is 4.74 Å². The molecule has 0 amide bonds. The average Bonchev–Trinajstić information content (AvgIpc) is 2.43. The van der Waals surface area contributed by atoms with E-state index in [9.17, 15) is 0 Å². The molecule has 2 N–H and O–H groups in total. The highest BCUT2D eigenvalue weighted by atomic mass is 32.1. The maximum absolute atomic E-state index is 5.17. The SMILES string of the molecule is COC1CC(Nc2n[nH]c(=S)s2)C1. The number of nitrogens with zero attached hydrogens (tertiary/aromatic N) is 1. The summed E-state index contributed by atoms with van der Waals surface area (Å²) in [7, 11) is 1.75. The fourth-order valence-electron chi connectivity index (χ4n) is 1.34. The number of rotatable bonds is 3. The lowest BCUT2D eigenvalue weighted by Crippen LogP contribution is -2.40. The third-order valence-corrected chi connectivity index (χ3v) is 3.21. The minimum atomic E-state index is 0.421. The topological polar surface area (TPSA) is 49.9 Å². The summed E-state index contributed by atoms with van der Waals surface area (Å²) in [5.74, 6) is 0. The Labute approximate surface area is 85.3 Å². The number of nitrogens with one attached hydrogen (secondary N) is 2. The maximum atomic E-state index is 5.17. The van der Waals surface area contributed by atoms with Gasteiger partial charge in [-0.1, -0.05) is 11.3 Å². The van der Waals surface area contributed by atoms with E-state index in [1.807, 2.05) is 0 Å². The Morgan fingerprint density at radius 2 is 2.46 bits per heavy atom. The summed E-state index contributed by atoms with van der Waals surface area (Å²) < 4.78 is 5.89. The van der Waals surface area contributed by atoms with Gasteiger partial charge in [0.2, 0.25) is 5.13 Å². The van der Waals surface area contributed by atoms with Crippen LogP contribution in [-0.4, -0.2) is 29.5 Å². The van der Waals surface area contributed by atoms with Gasteiger partial charge >= 0.3 is 0 Å². The van der Waals surface area contributed by atoms with Crippen LogP contribution in [0.1, 0.15) is 12.8 Å². The van der Waals surface area contributed by atoms with Gasteiger partial charge in [0.1, 0.15) is 0 Å². The molecule has 0 saturated heterocycles. The van der Waals surface area contributed by atoms with Gasteiger partial charge in [-0.05, 0) is 25.1 Å². The Kier molecular flexibility index (Phi) is 2.61. The number of aromatic nitrogens is 2. The average molecular weight is 217 g/mol. The van der Waals surface area contributed by atoms with Crippen LogP contribution in [0.4, 0.5) is 5.13 Å². The van der Waals surface area contributed by atoms with Gasteiger partial charge in [0.05, 0.1) is 6.10 Å². The molecule has 0 aliphatic heterocycles. The van der Waals surface area contributed by atoms with E-state index in [4.69, 9.17) is 17.0 Å². The van der Waals surface area contributed by atoms with Crippen LogP contribution in [0.25, 0.3) is 0 Å². The summed E-state index contributed by atoms with van der Waals surface area (Å²) in [6, 6.07) is 0.499. The van der Waals surface area contributed by atoms with Crippen molar-refractivity contribution in [1.29, 1.82) is 0 Å². The molecule has 0 atom stereocenters. The number of hydrogen-bond acceptors (Lipinski definition) is 5. The highest BCUT2D eigenvalue weighted by Gasteiger charge is 2.29. The molecule has 0 unspecified atom stereocenters. The molecule has 1 heterocycles. The second-order valence-corrected chi connectivity index (χ2v) is 4.75. The molecule has 0 bridgehead atoms. The summed E-state index contributed by atoms with van der Waals surface area (Å²) >= 11 is 6.39. The number of hydrogen-bond donors (Lipinski definition) is 2. The smallest absolute Gasteiger partial charge is 0.204 e. The van der Waals surface area contributed by atoms with Gasteiger partial charge in [-0.3, -0.25) is 5.10 Å². The summed E-state index contributed by atoms with van der Waals surface area (Å²) in [6.45, 7) is 0. The summed E-state index contributed by atoms with van der Waals surface area (Å²) in [5.41, 5.74) is 0. The minimum Gasteiger partial charge on any atom is -0.381 e. The summed E-state index contributed by atoms with van der Waals surface area (Å²) in [5, 5.41) is 10.9. The van der Waals surface area contributed by atoms with Crippen molar-refractivity contribution in [2.75, 3.05) is 12.4 Å². The Morgan fingerprint density at radius 1 is 1.69 bits per heavy atom. The van der Waals surface area contributed by atoms with Crippen molar-refractivity contribution >= 4 is 28.7 Å². The van der Waals surface area contributed by atoms with Crippen molar-refractivity contribution in [3.63, 3.8) is 0 Å². The first-order valence-corrected chi connectivity index (χ1v) is 5.35. The highest BCUT2D eigenvalue weighted by molar-refractivity contribution is 7.73. The fraction of sp³-hybridized carbons (Fsp3) is 0.714. The number of H-pyrrole nitrogens is 1. The molecule has 1 aromatic rings. The number of ether oxygens (including phenoxy) is 1. The molecular weight excluding hydrogens is 206 g/mol. The van der Waals surface area contributed by atoms with Crippen molar-refractivity contribution in [2.24, 2.45) is 0 Å². The molecule has 1 aromatic heterocycles. The largest absolute Gasteiger partial charge is 0.381 e. The molecule has 1 saturated carbocycles. The molecule has 1 fully saturated rings. The van der Waals surface area contributed by atoms with E-state index in [0.29, 0.717) is 16.1 Å². The van der Waals surface area contributed by atoms with Crippen molar-refractivity contribution in [3.8, 4) is 0 Å². The summed E-state index contributed by atoms with van der Waals surface area (Å²) in [6.07, 6.45) is 2.54. The molecule has 4 nitrogen and oxygen atoms in total. The van der Waals surface area contributed by atoms with Crippen molar-refractivity contribution in [3.05, 3.63) is 3.95 Å². The molecule has 0 spiro atoms. The quantitative estimate of drug-likeness (QED) is 0.758. The molecule has 2 rings (SSSR count). The number of anilines is 1. The number of aromatic amines is 1. The standard InChI is InChI=1S/C7H11N3OS2/c1-11-5-2-4(3-5)8-6-9-10-7(12)13-6/h4-5H,2-3H2,1H3,(H,8,9)(H,10,12). The van der Waals surface area contributed by atoms with Gasteiger partial charge < -0.3 is 10.1 Å². The van der Waals surface area contributed by atoms with Crippen LogP contribution in [0.5, 0.6) is 0 Å². The molecule has 72 valence electrons. The lowest BCUT2D eigenvalue weighted by molar-refractivity contribution is 0.0328.